The van der Waals surface area contributed by atoms with Crippen LogP contribution in [0.15, 0.2) is 28.5 Å². The average molecular weight is 493 g/mol. The summed E-state index contributed by atoms with van der Waals surface area (Å²) in [6, 6.07) is 6.08. The van der Waals surface area contributed by atoms with E-state index in [0.717, 1.165) is 30.0 Å². The maximum Gasteiger partial charge on any atom is 0.431 e. The second-order valence-corrected chi connectivity index (χ2v) is 8.18. The summed E-state index contributed by atoms with van der Waals surface area (Å²) in [5, 5.41) is 15.7. The number of allylic oxidation sites excluding steroid dienone is 1. The fraction of sp³-hybridized carbons (Fsp3) is 0.300. The van der Waals surface area contributed by atoms with Crippen LogP contribution in [0.5, 0.6) is 0 Å². The minimum atomic E-state index is -4.73. The lowest BCUT2D eigenvalue weighted by molar-refractivity contribution is -0.116. The topological polar surface area (TPSA) is 88.0 Å². The van der Waals surface area contributed by atoms with Gasteiger partial charge in [-0.15, -0.1) is 0 Å². The Bertz CT molecular complexity index is 1280. The molecule has 0 aromatic carbocycles. The van der Waals surface area contributed by atoms with Gasteiger partial charge in [-0.1, -0.05) is 6.07 Å². The fourth-order valence-corrected chi connectivity index (χ4v) is 3.96. The average Bonchev–Trinajstić information content (AvgIpc) is 3.40. The van der Waals surface area contributed by atoms with E-state index in [9.17, 15) is 23.2 Å². The lowest BCUT2D eigenvalue weighted by Gasteiger charge is -2.09. The van der Waals surface area contributed by atoms with E-state index in [-0.39, 0.29) is 12.1 Å². The van der Waals surface area contributed by atoms with Crippen molar-refractivity contribution in [1.82, 2.24) is 24.5 Å². The highest BCUT2D eigenvalue weighted by molar-refractivity contribution is 9.10. The summed E-state index contributed by atoms with van der Waals surface area (Å²) in [5.74, 6) is 0.356. The second kappa shape index (κ2) is 7.23. The molecule has 160 valence electrons. The van der Waals surface area contributed by atoms with Crippen LogP contribution in [-0.2, 0) is 17.3 Å². The quantitative estimate of drug-likeness (QED) is 0.545. The van der Waals surface area contributed by atoms with Gasteiger partial charge in [-0.05, 0) is 53.4 Å². The van der Waals surface area contributed by atoms with Gasteiger partial charge in [0.15, 0.2) is 5.82 Å². The highest BCUT2D eigenvalue weighted by atomic mass is 79.9. The molecule has 1 N–H and O–H groups in total. The zero-order valence-corrected chi connectivity index (χ0v) is 18.0. The van der Waals surface area contributed by atoms with Crippen LogP contribution in [-0.4, -0.2) is 31.8 Å². The van der Waals surface area contributed by atoms with Crippen LogP contribution in [0.1, 0.15) is 29.8 Å². The summed E-state index contributed by atoms with van der Waals surface area (Å²) < 4.78 is 43.4. The summed E-state index contributed by atoms with van der Waals surface area (Å²) in [6.45, 7) is 1.63. The van der Waals surface area contributed by atoms with Gasteiger partial charge >= 0.3 is 6.18 Å². The van der Waals surface area contributed by atoms with Crippen LogP contribution in [0.3, 0.4) is 0 Å². The number of fused-ring (bicyclic) bond motifs is 1. The number of nitrogens with zero attached hydrogens (tertiary/aromatic N) is 5. The molecule has 0 atom stereocenters. The van der Waals surface area contributed by atoms with Gasteiger partial charge in [-0.2, -0.15) is 23.5 Å². The third-order valence-electron chi connectivity index (χ3n) is 5.52. The predicted molar refractivity (Wildman–Crippen MR) is 110 cm³/mol. The number of pyridine rings is 1. The molecule has 1 aliphatic rings. The molecule has 3 aromatic rings. The van der Waals surface area contributed by atoms with E-state index in [1.165, 1.54) is 0 Å². The van der Waals surface area contributed by atoms with E-state index < -0.39 is 17.3 Å². The standard InChI is InChI=1S/C20H16BrF3N6O/c1-11-13(7-15(26-10-31)20(22,23)24)27-18(29(11)2)17-16(21)14-4-3-12(8-30(14)28-17)19(9-25)5-6-19/h3-4,7-8,10H,5-6H2,1-2H3,(H,26,31)/b15-7-. The number of amides is 1. The van der Waals surface area contributed by atoms with Crippen molar-refractivity contribution in [2.75, 3.05) is 0 Å². The minimum absolute atomic E-state index is 0.0251. The Balaban J connectivity index is 1.82. The van der Waals surface area contributed by atoms with Crippen molar-refractivity contribution < 1.29 is 18.0 Å². The molecule has 0 aliphatic heterocycles. The Morgan fingerprint density at radius 3 is 2.68 bits per heavy atom. The number of aromatic nitrogens is 4. The third kappa shape index (κ3) is 3.50. The molecule has 31 heavy (non-hydrogen) atoms. The zero-order valence-electron chi connectivity index (χ0n) is 16.5. The van der Waals surface area contributed by atoms with Gasteiger partial charge < -0.3 is 9.88 Å². The van der Waals surface area contributed by atoms with Crippen LogP contribution in [0, 0.1) is 18.3 Å². The number of carbonyl (C=O) groups is 1. The van der Waals surface area contributed by atoms with Crippen LogP contribution in [0.2, 0.25) is 0 Å². The monoisotopic (exact) mass is 492 g/mol. The molecule has 11 heteroatoms. The fourth-order valence-electron chi connectivity index (χ4n) is 3.39. The van der Waals surface area contributed by atoms with Gasteiger partial charge in [-0.25, -0.2) is 9.50 Å². The molecule has 1 fully saturated rings. The van der Waals surface area contributed by atoms with Crippen molar-refractivity contribution in [3.05, 3.63) is 45.5 Å². The number of carbonyl (C=O) groups excluding carboxylic acids is 1. The van der Waals surface area contributed by atoms with E-state index in [4.69, 9.17) is 0 Å². The maximum absolute atomic E-state index is 13.2. The van der Waals surface area contributed by atoms with Gasteiger partial charge in [0.25, 0.3) is 0 Å². The first-order chi connectivity index (χ1) is 14.6. The van der Waals surface area contributed by atoms with Gasteiger partial charge in [0.2, 0.25) is 6.41 Å². The summed E-state index contributed by atoms with van der Waals surface area (Å²) in [6.07, 6.45) is -0.567. The van der Waals surface area contributed by atoms with Crippen LogP contribution >= 0.6 is 15.9 Å². The SMILES string of the molecule is Cc1c(/C=C(\NC=O)C(F)(F)F)nc(-c2nn3cc(C4(C#N)CC4)ccc3c2Br)n1C. The smallest absolute Gasteiger partial charge is 0.329 e. The molecular formula is C20H16BrF3N6O. The summed E-state index contributed by atoms with van der Waals surface area (Å²) in [4.78, 5) is 14.9. The number of hydrogen-bond donors (Lipinski definition) is 1. The largest absolute Gasteiger partial charge is 0.431 e. The number of alkyl halides is 3. The molecule has 3 heterocycles. The Hall–Kier alpha value is -3.13. The Morgan fingerprint density at radius 2 is 2.10 bits per heavy atom. The molecule has 0 unspecified atom stereocenters. The second-order valence-electron chi connectivity index (χ2n) is 7.39. The molecule has 0 spiro atoms. The first-order valence-corrected chi connectivity index (χ1v) is 10.0. The number of hydrogen-bond acceptors (Lipinski definition) is 4. The lowest BCUT2D eigenvalue weighted by Crippen LogP contribution is -2.25. The number of rotatable bonds is 5. The van der Waals surface area contributed by atoms with Crippen LogP contribution in [0.4, 0.5) is 13.2 Å². The number of nitrogens with one attached hydrogen (secondary N) is 1. The van der Waals surface area contributed by atoms with Gasteiger partial charge in [-0.3, -0.25) is 4.79 Å². The highest BCUT2D eigenvalue weighted by Crippen LogP contribution is 2.47. The molecule has 3 aromatic heterocycles. The van der Waals surface area contributed by atoms with Gasteiger partial charge in [0.05, 0.1) is 27.2 Å². The van der Waals surface area contributed by atoms with Gasteiger partial charge in [0.1, 0.15) is 11.4 Å². The van der Waals surface area contributed by atoms with E-state index in [0.29, 0.717) is 21.7 Å². The van der Waals surface area contributed by atoms with Crippen molar-refractivity contribution >= 4 is 33.9 Å². The Kier molecular flexibility index (Phi) is 4.93. The number of imidazole rings is 1. The zero-order chi connectivity index (χ0) is 22.6. The number of halogens is 4. The van der Waals surface area contributed by atoms with Crippen LogP contribution < -0.4 is 5.32 Å². The summed E-state index contributed by atoms with van der Waals surface area (Å²) >= 11 is 3.52. The summed E-state index contributed by atoms with van der Waals surface area (Å²) in [5.41, 5.74) is 0.911. The summed E-state index contributed by atoms with van der Waals surface area (Å²) in [7, 11) is 1.67. The predicted octanol–water partition coefficient (Wildman–Crippen LogP) is 4.01. The molecule has 0 bridgehead atoms. The van der Waals surface area contributed by atoms with E-state index in [1.54, 1.807) is 34.6 Å². The van der Waals surface area contributed by atoms with Crippen molar-refractivity contribution in [1.29, 1.82) is 5.26 Å². The molecule has 0 saturated heterocycles. The molecule has 1 saturated carbocycles. The Morgan fingerprint density at radius 1 is 1.39 bits per heavy atom. The lowest BCUT2D eigenvalue weighted by atomic mass is 10.00. The molecule has 4 rings (SSSR count). The van der Waals surface area contributed by atoms with Crippen molar-refractivity contribution in [2.45, 2.75) is 31.4 Å². The van der Waals surface area contributed by atoms with Gasteiger partial charge in [0, 0.05) is 18.9 Å². The van der Waals surface area contributed by atoms with E-state index in [1.807, 2.05) is 12.1 Å². The molecule has 1 aliphatic carbocycles. The first-order valence-electron chi connectivity index (χ1n) is 9.23. The Labute approximate surface area is 183 Å². The van der Waals surface area contributed by atoms with Crippen molar-refractivity contribution in [3.8, 4) is 17.6 Å². The highest BCUT2D eigenvalue weighted by Gasteiger charge is 2.45. The molecular weight excluding hydrogens is 477 g/mol. The van der Waals surface area contributed by atoms with E-state index >= 15 is 0 Å². The molecule has 1 amide bonds. The molecule has 0 radical (unpaired) electrons. The van der Waals surface area contributed by atoms with Crippen molar-refractivity contribution in [2.24, 2.45) is 7.05 Å². The van der Waals surface area contributed by atoms with E-state index in [2.05, 4.69) is 32.1 Å². The third-order valence-corrected chi connectivity index (χ3v) is 6.30. The number of nitriles is 1. The minimum Gasteiger partial charge on any atom is -0.329 e. The van der Waals surface area contributed by atoms with Crippen LogP contribution in [0.25, 0.3) is 23.1 Å². The molecule has 7 nitrogen and oxygen atoms in total. The normalized spacial score (nSPS) is 15.7. The maximum atomic E-state index is 13.2. The van der Waals surface area contributed by atoms with Crippen molar-refractivity contribution in [3.63, 3.8) is 0 Å². The first kappa shape index (κ1) is 21.1.